The van der Waals surface area contributed by atoms with Crippen LogP contribution in [0.25, 0.3) is 10.4 Å². The van der Waals surface area contributed by atoms with Gasteiger partial charge in [-0.1, -0.05) is 12.1 Å². The van der Waals surface area contributed by atoms with E-state index in [1.54, 1.807) is 29.5 Å². The summed E-state index contributed by atoms with van der Waals surface area (Å²) in [5.74, 6) is 0. The zero-order valence-corrected chi connectivity index (χ0v) is 14.5. The molecule has 1 aromatic carbocycles. The van der Waals surface area contributed by atoms with E-state index >= 15 is 0 Å². The number of aliphatic hydroxyl groups is 1. The van der Waals surface area contributed by atoms with Crippen LogP contribution in [0.3, 0.4) is 0 Å². The van der Waals surface area contributed by atoms with Gasteiger partial charge in [0.15, 0.2) is 0 Å². The minimum Gasteiger partial charge on any atom is -0.393 e. The summed E-state index contributed by atoms with van der Waals surface area (Å²) in [5, 5.41) is 24.4. The minimum absolute atomic E-state index is 0.146. The Morgan fingerprint density at radius 3 is 2.62 bits per heavy atom. The zero-order chi connectivity index (χ0) is 17.1. The molecule has 1 aliphatic carbocycles. The molecule has 1 unspecified atom stereocenters. The molecule has 5 nitrogen and oxygen atoms in total. The number of rotatable bonds is 5. The molecule has 0 saturated heterocycles. The van der Waals surface area contributed by atoms with Crippen molar-refractivity contribution in [3.8, 4) is 10.4 Å². The predicted octanol–water partition coefficient (Wildman–Crippen LogP) is 4.28. The smallest absolute Gasteiger partial charge is 0.278 e. The standard InChI is InChI=1S/C18H22N2O3S/c1-12(19-13-6-8-14(21)9-7-13)17-10-11-18(24-17)15-4-2-3-5-16(15)20(22)23/h2-5,10-14,19,21H,6-9H2,1H3. The van der Waals surface area contributed by atoms with Crippen LogP contribution in [0.2, 0.25) is 0 Å². The molecule has 1 aromatic heterocycles. The van der Waals surface area contributed by atoms with Crippen LogP contribution in [-0.4, -0.2) is 22.2 Å². The molecule has 2 aromatic rings. The first-order valence-electron chi connectivity index (χ1n) is 8.32. The number of thiophene rings is 1. The topological polar surface area (TPSA) is 75.4 Å². The third-order valence-electron chi connectivity index (χ3n) is 4.60. The van der Waals surface area contributed by atoms with Crippen LogP contribution in [-0.2, 0) is 0 Å². The summed E-state index contributed by atoms with van der Waals surface area (Å²) in [5.41, 5.74) is 0.819. The van der Waals surface area contributed by atoms with Crippen LogP contribution in [0.5, 0.6) is 0 Å². The fraction of sp³-hybridized carbons (Fsp3) is 0.444. The number of nitrogens with zero attached hydrogens (tertiary/aromatic N) is 1. The highest BCUT2D eigenvalue weighted by Gasteiger charge is 2.22. The second-order valence-electron chi connectivity index (χ2n) is 6.37. The Morgan fingerprint density at radius 2 is 1.92 bits per heavy atom. The van der Waals surface area contributed by atoms with Gasteiger partial charge in [-0.05, 0) is 50.8 Å². The Labute approximate surface area is 145 Å². The molecule has 1 aliphatic rings. The van der Waals surface area contributed by atoms with Gasteiger partial charge in [0.05, 0.1) is 16.6 Å². The van der Waals surface area contributed by atoms with Crippen molar-refractivity contribution < 1.29 is 10.0 Å². The Hall–Kier alpha value is -1.76. The average molecular weight is 346 g/mol. The summed E-state index contributed by atoms with van der Waals surface area (Å²) in [4.78, 5) is 13.0. The van der Waals surface area contributed by atoms with Crippen molar-refractivity contribution in [1.82, 2.24) is 5.32 Å². The first kappa shape index (κ1) is 17.1. The van der Waals surface area contributed by atoms with Gasteiger partial charge in [-0.2, -0.15) is 0 Å². The molecule has 2 N–H and O–H groups in total. The summed E-state index contributed by atoms with van der Waals surface area (Å²) in [6.07, 6.45) is 3.55. The average Bonchev–Trinajstić information content (AvgIpc) is 3.07. The number of nitro groups is 1. The Balaban J connectivity index is 1.72. The van der Waals surface area contributed by atoms with Gasteiger partial charge in [0.25, 0.3) is 5.69 Å². The normalized spacial score (nSPS) is 22.2. The number of para-hydroxylation sites is 1. The lowest BCUT2D eigenvalue weighted by molar-refractivity contribution is -0.384. The molecule has 0 bridgehead atoms. The maximum absolute atomic E-state index is 11.2. The van der Waals surface area contributed by atoms with Crippen LogP contribution < -0.4 is 5.32 Å². The van der Waals surface area contributed by atoms with E-state index in [-0.39, 0.29) is 22.8 Å². The zero-order valence-electron chi connectivity index (χ0n) is 13.6. The molecule has 6 heteroatoms. The van der Waals surface area contributed by atoms with E-state index in [2.05, 4.69) is 12.2 Å². The summed E-state index contributed by atoms with van der Waals surface area (Å²) >= 11 is 1.60. The number of hydrogen-bond donors (Lipinski definition) is 2. The van der Waals surface area contributed by atoms with Crippen molar-refractivity contribution in [2.45, 2.75) is 50.8 Å². The number of aliphatic hydroxyl groups excluding tert-OH is 1. The largest absolute Gasteiger partial charge is 0.393 e. The highest BCUT2D eigenvalue weighted by Crippen LogP contribution is 2.36. The monoisotopic (exact) mass is 346 g/mol. The van der Waals surface area contributed by atoms with Gasteiger partial charge >= 0.3 is 0 Å². The van der Waals surface area contributed by atoms with Gasteiger partial charge in [-0.3, -0.25) is 10.1 Å². The maximum atomic E-state index is 11.2. The molecule has 24 heavy (non-hydrogen) atoms. The van der Waals surface area contributed by atoms with Crippen LogP contribution in [0.1, 0.15) is 43.5 Å². The van der Waals surface area contributed by atoms with Crippen molar-refractivity contribution in [1.29, 1.82) is 0 Å². The van der Waals surface area contributed by atoms with E-state index in [4.69, 9.17) is 0 Å². The van der Waals surface area contributed by atoms with Gasteiger partial charge in [-0.25, -0.2) is 0 Å². The Bertz CT molecular complexity index is 708. The van der Waals surface area contributed by atoms with E-state index < -0.39 is 0 Å². The molecule has 0 aliphatic heterocycles. The summed E-state index contributed by atoms with van der Waals surface area (Å²) < 4.78 is 0. The minimum atomic E-state index is -0.330. The highest BCUT2D eigenvalue weighted by molar-refractivity contribution is 7.15. The lowest BCUT2D eigenvalue weighted by Gasteiger charge is -2.28. The third kappa shape index (κ3) is 3.83. The Kier molecular flexibility index (Phi) is 5.28. The summed E-state index contributed by atoms with van der Waals surface area (Å²) in [6.45, 7) is 2.13. The molecule has 3 rings (SSSR count). The first-order valence-corrected chi connectivity index (χ1v) is 9.14. The molecular weight excluding hydrogens is 324 g/mol. The van der Waals surface area contributed by atoms with Crippen molar-refractivity contribution >= 4 is 17.0 Å². The second kappa shape index (κ2) is 7.42. The second-order valence-corrected chi connectivity index (χ2v) is 7.49. The fourth-order valence-corrected chi connectivity index (χ4v) is 4.30. The van der Waals surface area contributed by atoms with E-state index in [0.717, 1.165) is 30.6 Å². The summed E-state index contributed by atoms with van der Waals surface area (Å²) in [7, 11) is 0. The van der Waals surface area contributed by atoms with Crippen molar-refractivity contribution in [2.24, 2.45) is 0 Å². The van der Waals surface area contributed by atoms with Crippen LogP contribution in [0, 0.1) is 10.1 Å². The first-order chi connectivity index (χ1) is 11.5. The molecule has 1 heterocycles. The molecule has 0 amide bonds. The third-order valence-corrected chi connectivity index (χ3v) is 5.90. The van der Waals surface area contributed by atoms with E-state index in [0.29, 0.717) is 11.6 Å². The maximum Gasteiger partial charge on any atom is 0.278 e. The van der Waals surface area contributed by atoms with Gasteiger partial charge in [0.1, 0.15) is 0 Å². The van der Waals surface area contributed by atoms with E-state index in [9.17, 15) is 15.2 Å². The number of nitrogens with one attached hydrogen (secondary N) is 1. The molecule has 0 spiro atoms. The highest BCUT2D eigenvalue weighted by atomic mass is 32.1. The molecular formula is C18H22N2O3S. The van der Waals surface area contributed by atoms with Gasteiger partial charge < -0.3 is 10.4 Å². The number of benzene rings is 1. The van der Waals surface area contributed by atoms with Crippen molar-refractivity contribution in [3.63, 3.8) is 0 Å². The van der Waals surface area contributed by atoms with Crippen LogP contribution in [0.4, 0.5) is 5.69 Å². The molecule has 0 radical (unpaired) electrons. The van der Waals surface area contributed by atoms with Gasteiger partial charge in [-0.15, -0.1) is 11.3 Å². The van der Waals surface area contributed by atoms with Crippen molar-refractivity contribution in [2.75, 3.05) is 0 Å². The van der Waals surface area contributed by atoms with Gasteiger partial charge in [0, 0.05) is 27.9 Å². The van der Waals surface area contributed by atoms with Crippen LogP contribution >= 0.6 is 11.3 Å². The van der Waals surface area contributed by atoms with E-state index in [1.165, 1.54) is 4.88 Å². The lowest BCUT2D eigenvalue weighted by atomic mass is 9.92. The molecule has 1 fully saturated rings. The fourth-order valence-electron chi connectivity index (χ4n) is 3.25. The predicted molar refractivity (Wildman–Crippen MR) is 96.2 cm³/mol. The lowest BCUT2D eigenvalue weighted by Crippen LogP contribution is -2.35. The number of nitro benzene ring substituents is 1. The SMILES string of the molecule is CC(NC1CCC(O)CC1)c1ccc(-c2ccccc2[N+](=O)[O-])s1. The quantitative estimate of drug-likeness (QED) is 0.626. The van der Waals surface area contributed by atoms with Crippen LogP contribution in [0.15, 0.2) is 36.4 Å². The van der Waals surface area contributed by atoms with Crippen molar-refractivity contribution in [3.05, 3.63) is 51.4 Å². The van der Waals surface area contributed by atoms with Gasteiger partial charge in [0.2, 0.25) is 0 Å². The molecule has 128 valence electrons. The Morgan fingerprint density at radius 1 is 1.21 bits per heavy atom. The summed E-state index contributed by atoms with van der Waals surface area (Å²) in [6, 6.07) is 11.5. The molecule has 1 atom stereocenters. The molecule has 1 saturated carbocycles. The van der Waals surface area contributed by atoms with E-state index in [1.807, 2.05) is 18.2 Å². The number of hydrogen-bond acceptors (Lipinski definition) is 5.